The average molecular weight is 380 g/mol. The zero-order chi connectivity index (χ0) is 20.0. The van der Waals surface area contributed by atoms with Gasteiger partial charge in [0.2, 0.25) is 0 Å². The Balaban J connectivity index is 2.24. The molecule has 142 valence electrons. The van der Waals surface area contributed by atoms with Gasteiger partial charge in [0.25, 0.3) is 11.6 Å². The number of ether oxygens (including phenoxy) is 2. The number of halogens is 2. The summed E-state index contributed by atoms with van der Waals surface area (Å²) >= 11 is 0. The van der Waals surface area contributed by atoms with Crippen molar-refractivity contribution in [2.45, 2.75) is 13.5 Å². The standard InChI is InChI=1S/C17H14F2N2O6/c1-2-26-16(23)11-7-10(8-13(9-11)21(24)25)15(22)20-12-3-5-14(6-4-12)27-17(18)19/h3-9,17H,2H2,1H3,(H,20,22). The molecule has 0 radical (unpaired) electrons. The third kappa shape index (κ3) is 5.46. The summed E-state index contributed by atoms with van der Waals surface area (Å²) in [5.74, 6) is -1.63. The topological polar surface area (TPSA) is 108 Å². The average Bonchev–Trinajstić information content (AvgIpc) is 2.62. The molecule has 0 aromatic heterocycles. The summed E-state index contributed by atoms with van der Waals surface area (Å²) in [7, 11) is 0. The third-order valence-corrected chi connectivity index (χ3v) is 3.24. The van der Waals surface area contributed by atoms with E-state index in [-0.39, 0.29) is 29.2 Å². The number of hydrogen-bond acceptors (Lipinski definition) is 6. The molecule has 0 saturated carbocycles. The summed E-state index contributed by atoms with van der Waals surface area (Å²) in [5.41, 5.74) is -0.491. The fourth-order valence-electron chi connectivity index (χ4n) is 2.10. The van der Waals surface area contributed by atoms with Crippen molar-refractivity contribution < 1.29 is 32.8 Å². The Kier molecular flexibility index (Phi) is 6.36. The molecular weight excluding hydrogens is 366 g/mol. The highest BCUT2D eigenvalue weighted by atomic mass is 19.3. The highest BCUT2D eigenvalue weighted by Gasteiger charge is 2.19. The van der Waals surface area contributed by atoms with E-state index < -0.39 is 29.1 Å². The van der Waals surface area contributed by atoms with Crippen LogP contribution in [0, 0.1) is 10.1 Å². The molecule has 1 amide bonds. The first-order valence-corrected chi connectivity index (χ1v) is 7.63. The van der Waals surface area contributed by atoms with Crippen molar-refractivity contribution in [3.8, 4) is 5.75 Å². The van der Waals surface area contributed by atoms with Crippen molar-refractivity contribution in [1.29, 1.82) is 0 Å². The van der Waals surface area contributed by atoms with Crippen molar-refractivity contribution in [3.63, 3.8) is 0 Å². The Hall–Kier alpha value is -3.56. The van der Waals surface area contributed by atoms with E-state index >= 15 is 0 Å². The summed E-state index contributed by atoms with van der Waals surface area (Å²) < 4.78 is 33.2. The van der Waals surface area contributed by atoms with Crippen LogP contribution >= 0.6 is 0 Å². The number of nitrogens with zero attached hydrogens (tertiary/aromatic N) is 1. The molecule has 2 aromatic carbocycles. The maximum atomic E-state index is 12.3. The highest BCUT2D eigenvalue weighted by molar-refractivity contribution is 6.06. The molecule has 0 aliphatic rings. The van der Waals surface area contributed by atoms with E-state index in [2.05, 4.69) is 10.1 Å². The number of nitro groups is 1. The Morgan fingerprint density at radius 1 is 1.15 bits per heavy atom. The largest absolute Gasteiger partial charge is 0.462 e. The molecule has 0 atom stereocenters. The van der Waals surface area contributed by atoms with Crippen molar-refractivity contribution in [2.75, 3.05) is 11.9 Å². The number of nitrogens with one attached hydrogen (secondary N) is 1. The summed E-state index contributed by atoms with van der Waals surface area (Å²) in [5, 5.41) is 13.5. The van der Waals surface area contributed by atoms with Gasteiger partial charge in [-0.25, -0.2) is 4.79 Å². The normalized spacial score (nSPS) is 10.4. The molecule has 0 aliphatic carbocycles. The van der Waals surface area contributed by atoms with Gasteiger partial charge in [0, 0.05) is 23.4 Å². The highest BCUT2D eigenvalue weighted by Crippen LogP contribution is 2.21. The predicted octanol–water partition coefficient (Wildman–Crippen LogP) is 3.63. The minimum Gasteiger partial charge on any atom is -0.462 e. The Labute approximate surface area is 151 Å². The van der Waals surface area contributed by atoms with Crippen LogP contribution in [-0.2, 0) is 4.74 Å². The smallest absolute Gasteiger partial charge is 0.387 e. The van der Waals surface area contributed by atoms with Crippen LogP contribution in [-0.4, -0.2) is 30.0 Å². The molecule has 0 heterocycles. The molecule has 0 aliphatic heterocycles. The van der Waals surface area contributed by atoms with Gasteiger partial charge in [-0.3, -0.25) is 14.9 Å². The first kappa shape index (κ1) is 19.8. The molecular formula is C17H14F2N2O6. The number of non-ortho nitro benzene ring substituents is 1. The van der Waals surface area contributed by atoms with Gasteiger partial charge >= 0.3 is 12.6 Å². The number of rotatable bonds is 7. The molecule has 0 unspecified atom stereocenters. The SMILES string of the molecule is CCOC(=O)c1cc(C(=O)Nc2ccc(OC(F)F)cc2)cc([N+](=O)[O-])c1. The first-order chi connectivity index (χ1) is 12.8. The number of esters is 1. The monoisotopic (exact) mass is 380 g/mol. The van der Waals surface area contributed by atoms with Crippen LogP contribution in [0.4, 0.5) is 20.2 Å². The molecule has 0 saturated heterocycles. The Morgan fingerprint density at radius 2 is 1.78 bits per heavy atom. The molecule has 0 spiro atoms. The zero-order valence-corrected chi connectivity index (χ0v) is 14.0. The molecule has 0 fully saturated rings. The summed E-state index contributed by atoms with van der Waals surface area (Å²) in [6.45, 7) is -1.34. The van der Waals surface area contributed by atoms with Crippen LogP contribution in [0.2, 0.25) is 0 Å². The molecule has 27 heavy (non-hydrogen) atoms. The Morgan fingerprint density at radius 3 is 2.33 bits per heavy atom. The number of carbonyl (C=O) groups is 2. The third-order valence-electron chi connectivity index (χ3n) is 3.24. The van der Waals surface area contributed by atoms with Gasteiger partial charge < -0.3 is 14.8 Å². The molecule has 2 aromatic rings. The summed E-state index contributed by atoms with van der Waals surface area (Å²) in [6.07, 6.45) is 0. The number of amides is 1. The van der Waals surface area contributed by atoms with E-state index in [0.29, 0.717) is 0 Å². The lowest BCUT2D eigenvalue weighted by molar-refractivity contribution is -0.384. The van der Waals surface area contributed by atoms with Gasteiger partial charge in [0.05, 0.1) is 17.1 Å². The quantitative estimate of drug-likeness (QED) is 0.446. The van der Waals surface area contributed by atoms with E-state index in [9.17, 15) is 28.5 Å². The van der Waals surface area contributed by atoms with Crippen LogP contribution in [0.1, 0.15) is 27.6 Å². The Bertz CT molecular complexity index is 855. The summed E-state index contributed by atoms with van der Waals surface area (Å²) in [6, 6.07) is 8.25. The van der Waals surface area contributed by atoms with Gasteiger partial charge in [-0.1, -0.05) is 0 Å². The maximum Gasteiger partial charge on any atom is 0.387 e. The number of carbonyl (C=O) groups excluding carboxylic acids is 2. The first-order valence-electron chi connectivity index (χ1n) is 7.63. The second-order valence-electron chi connectivity index (χ2n) is 5.10. The van der Waals surface area contributed by atoms with Gasteiger partial charge in [-0.05, 0) is 37.3 Å². The minimum absolute atomic E-state index is 0.0656. The van der Waals surface area contributed by atoms with Gasteiger partial charge in [-0.15, -0.1) is 0 Å². The molecule has 8 nitrogen and oxygen atoms in total. The van der Waals surface area contributed by atoms with Crippen LogP contribution in [0.5, 0.6) is 5.75 Å². The summed E-state index contributed by atoms with van der Waals surface area (Å²) in [4.78, 5) is 34.5. The van der Waals surface area contributed by atoms with Gasteiger partial charge in [0.1, 0.15) is 5.75 Å². The van der Waals surface area contributed by atoms with E-state index in [0.717, 1.165) is 18.2 Å². The lowest BCUT2D eigenvalue weighted by Gasteiger charge is -2.09. The second kappa shape index (κ2) is 8.70. The van der Waals surface area contributed by atoms with Crippen LogP contribution in [0.3, 0.4) is 0 Å². The van der Waals surface area contributed by atoms with Crippen molar-refractivity contribution >= 4 is 23.3 Å². The number of anilines is 1. The second-order valence-corrected chi connectivity index (χ2v) is 5.10. The molecule has 1 N–H and O–H groups in total. The lowest BCUT2D eigenvalue weighted by Crippen LogP contribution is -2.14. The van der Waals surface area contributed by atoms with E-state index in [4.69, 9.17) is 4.74 Å². The fraction of sp³-hybridized carbons (Fsp3) is 0.176. The zero-order valence-electron chi connectivity index (χ0n) is 14.0. The fourth-order valence-corrected chi connectivity index (χ4v) is 2.10. The molecule has 0 bridgehead atoms. The van der Waals surface area contributed by atoms with Crippen LogP contribution in [0.25, 0.3) is 0 Å². The lowest BCUT2D eigenvalue weighted by atomic mass is 10.1. The van der Waals surface area contributed by atoms with Crippen LogP contribution in [0.15, 0.2) is 42.5 Å². The number of alkyl halides is 2. The van der Waals surface area contributed by atoms with Crippen molar-refractivity contribution in [3.05, 3.63) is 63.7 Å². The molecule has 2 rings (SSSR count). The number of hydrogen-bond donors (Lipinski definition) is 1. The van der Waals surface area contributed by atoms with E-state index in [1.165, 1.54) is 24.3 Å². The number of nitro benzene ring substituents is 1. The van der Waals surface area contributed by atoms with Gasteiger partial charge in [-0.2, -0.15) is 8.78 Å². The van der Waals surface area contributed by atoms with Crippen molar-refractivity contribution in [2.24, 2.45) is 0 Å². The number of benzene rings is 2. The van der Waals surface area contributed by atoms with Crippen molar-refractivity contribution in [1.82, 2.24) is 0 Å². The molecule has 10 heteroatoms. The van der Waals surface area contributed by atoms with Gasteiger partial charge in [0.15, 0.2) is 0 Å². The predicted molar refractivity (Wildman–Crippen MR) is 90.1 cm³/mol. The van der Waals surface area contributed by atoms with E-state index in [1.54, 1.807) is 6.92 Å². The van der Waals surface area contributed by atoms with E-state index in [1.807, 2.05) is 0 Å². The maximum absolute atomic E-state index is 12.3. The van der Waals surface area contributed by atoms with Crippen LogP contribution < -0.4 is 10.1 Å². The minimum atomic E-state index is -2.98.